The Hall–Kier alpha value is -3.26. The minimum absolute atomic E-state index is 0.0194. The molecule has 40 heavy (non-hydrogen) atoms. The van der Waals surface area contributed by atoms with Crippen LogP contribution in [0.25, 0.3) is 11.1 Å². The third kappa shape index (κ3) is 5.92. The van der Waals surface area contributed by atoms with Crippen molar-refractivity contribution in [2.45, 2.75) is 61.5 Å². The zero-order valence-electron chi connectivity index (χ0n) is 23.1. The van der Waals surface area contributed by atoms with Gasteiger partial charge in [-0.1, -0.05) is 84.4 Å². The molecule has 3 aromatic carbocycles. The molecule has 1 aliphatic heterocycles. The van der Waals surface area contributed by atoms with E-state index in [9.17, 15) is 13.2 Å². The summed E-state index contributed by atoms with van der Waals surface area (Å²) >= 11 is 0. The summed E-state index contributed by atoms with van der Waals surface area (Å²) in [5.74, 6) is -0.187. The number of carbonyl (C=O) groups excluding carboxylic acids is 1. The fourth-order valence-electron chi connectivity index (χ4n) is 6.19. The molecule has 0 spiro atoms. The van der Waals surface area contributed by atoms with E-state index in [4.69, 9.17) is 9.47 Å². The highest BCUT2D eigenvalue weighted by molar-refractivity contribution is 7.89. The van der Waals surface area contributed by atoms with Crippen molar-refractivity contribution in [3.63, 3.8) is 0 Å². The Bertz CT molecular complexity index is 1430. The number of carbonyl (C=O) groups is 1. The van der Waals surface area contributed by atoms with Crippen molar-refractivity contribution >= 4 is 16.0 Å². The quantitative estimate of drug-likeness (QED) is 0.178. The lowest BCUT2D eigenvalue weighted by molar-refractivity contribution is -0.140. The highest BCUT2D eigenvalue weighted by Crippen LogP contribution is 2.54. The van der Waals surface area contributed by atoms with Crippen LogP contribution < -0.4 is 4.72 Å². The molecule has 1 N–H and O–H groups in total. The molecule has 5 rings (SSSR count). The van der Waals surface area contributed by atoms with Crippen LogP contribution in [-0.2, 0) is 29.7 Å². The van der Waals surface area contributed by atoms with Gasteiger partial charge in [-0.2, -0.15) is 0 Å². The van der Waals surface area contributed by atoms with E-state index in [1.165, 1.54) is 12.7 Å². The molecule has 1 heterocycles. The smallest absolute Gasteiger partial charge is 0.305 e. The monoisotopic (exact) mass is 559 g/mol. The number of methoxy groups -OCH3 is 1. The van der Waals surface area contributed by atoms with Gasteiger partial charge < -0.3 is 9.47 Å². The first kappa shape index (κ1) is 28.3. The molecule has 1 saturated heterocycles. The van der Waals surface area contributed by atoms with E-state index in [0.29, 0.717) is 19.4 Å². The molecular formula is C33H37NO5S. The topological polar surface area (TPSA) is 81.7 Å². The number of esters is 1. The maximum atomic E-state index is 13.4. The predicted octanol–water partition coefficient (Wildman–Crippen LogP) is 5.96. The van der Waals surface area contributed by atoms with Gasteiger partial charge in [-0.25, -0.2) is 13.1 Å². The number of hydrogen-bond donors (Lipinski definition) is 1. The van der Waals surface area contributed by atoms with Crippen molar-refractivity contribution in [2.75, 3.05) is 13.7 Å². The second kappa shape index (κ2) is 12.1. The van der Waals surface area contributed by atoms with Crippen molar-refractivity contribution < 1.29 is 22.7 Å². The summed E-state index contributed by atoms with van der Waals surface area (Å²) in [6.45, 7) is 2.50. The Kier molecular flexibility index (Phi) is 8.54. The first-order valence-electron chi connectivity index (χ1n) is 13.9. The molecule has 1 aliphatic carbocycles. The minimum Gasteiger partial charge on any atom is -0.469 e. The maximum absolute atomic E-state index is 13.4. The van der Waals surface area contributed by atoms with E-state index in [1.54, 1.807) is 12.1 Å². The van der Waals surface area contributed by atoms with Gasteiger partial charge in [-0.15, -0.1) is 0 Å². The number of rotatable bonds is 11. The van der Waals surface area contributed by atoms with E-state index in [-0.39, 0.29) is 34.3 Å². The van der Waals surface area contributed by atoms with E-state index in [2.05, 4.69) is 53.3 Å². The Morgan fingerprint density at radius 3 is 2.40 bits per heavy atom. The Balaban J connectivity index is 1.40. The summed E-state index contributed by atoms with van der Waals surface area (Å²) in [4.78, 5) is 11.7. The van der Waals surface area contributed by atoms with E-state index < -0.39 is 10.0 Å². The third-order valence-electron chi connectivity index (χ3n) is 8.39. The van der Waals surface area contributed by atoms with Crippen LogP contribution in [0, 0.1) is 12.8 Å². The number of nitrogens with one attached hydrogen (secondary N) is 1. The van der Waals surface area contributed by atoms with Gasteiger partial charge in [0.15, 0.2) is 0 Å². The average molecular weight is 560 g/mol. The first-order valence-corrected chi connectivity index (χ1v) is 15.4. The summed E-state index contributed by atoms with van der Waals surface area (Å²) in [5, 5.41) is 0. The van der Waals surface area contributed by atoms with Crippen LogP contribution in [-0.4, -0.2) is 40.2 Å². The first-order chi connectivity index (χ1) is 19.3. The summed E-state index contributed by atoms with van der Waals surface area (Å²) in [7, 11) is -2.32. The van der Waals surface area contributed by atoms with Crippen LogP contribution in [0.2, 0.25) is 0 Å². The van der Waals surface area contributed by atoms with Crippen molar-refractivity contribution in [3.05, 3.63) is 102 Å². The van der Waals surface area contributed by atoms with Gasteiger partial charge in [0.2, 0.25) is 10.0 Å². The minimum atomic E-state index is -3.72. The number of ether oxygens (including phenoxy) is 2. The zero-order valence-corrected chi connectivity index (χ0v) is 23.9. The van der Waals surface area contributed by atoms with Crippen LogP contribution in [0.4, 0.5) is 0 Å². The highest BCUT2D eigenvalue weighted by atomic mass is 32.2. The zero-order chi connectivity index (χ0) is 28.2. The lowest BCUT2D eigenvalue weighted by Crippen LogP contribution is -2.51. The third-order valence-corrected chi connectivity index (χ3v) is 9.86. The number of unbranched alkanes of at least 4 members (excludes halogenated alkanes) is 1. The van der Waals surface area contributed by atoms with Gasteiger partial charge >= 0.3 is 5.97 Å². The lowest BCUT2D eigenvalue weighted by atomic mass is 9.70. The van der Waals surface area contributed by atoms with Gasteiger partial charge in [-0.3, -0.25) is 4.79 Å². The van der Waals surface area contributed by atoms with E-state index >= 15 is 0 Å². The van der Waals surface area contributed by atoms with Crippen LogP contribution in [0.15, 0.2) is 95.9 Å². The Morgan fingerprint density at radius 1 is 1.00 bits per heavy atom. The largest absolute Gasteiger partial charge is 0.469 e. The molecule has 0 amide bonds. The fourth-order valence-corrected chi connectivity index (χ4v) is 7.49. The molecule has 2 aliphatic rings. The number of sulfonamides is 1. The number of benzene rings is 3. The van der Waals surface area contributed by atoms with Crippen molar-refractivity contribution in [1.29, 1.82) is 0 Å². The predicted molar refractivity (Wildman–Crippen MR) is 156 cm³/mol. The molecule has 0 aromatic heterocycles. The van der Waals surface area contributed by atoms with E-state index in [0.717, 1.165) is 36.0 Å². The summed E-state index contributed by atoms with van der Waals surface area (Å²) in [6, 6.07) is 25.5. The van der Waals surface area contributed by atoms with Gasteiger partial charge in [-0.05, 0) is 67.3 Å². The molecule has 6 nitrogen and oxygen atoms in total. The van der Waals surface area contributed by atoms with Crippen molar-refractivity contribution in [3.8, 4) is 11.1 Å². The van der Waals surface area contributed by atoms with Gasteiger partial charge in [0.1, 0.15) is 0 Å². The average Bonchev–Trinajstić information content (AvgIpc) is 3.54. The summed E-state index contributed by atoms with van der Waals surface area (Å²) in [6.07, 6.45) is 7.36. The van der Waals surface area contributed by atoms with Crippen LogP contribution >= 0.6 is 0 Å². The fraction of sp³-hybridized carbons (Fsp3) is 0.364. The van der Waals surface area contributed by atoms with Gasteiger partial charge in [0.05, 0.1) is 30.8 Å². The molecule has 2 fully saturated rings. The number of hydrogen-bond acceptors (Lipinski definition) is 5. The summed E-state index contributed by atoms with van der Waals surface area (Å²) < 4.78 is 40.9. The number of allylic oxidation sites excluding steroid dienone is 2. The van der Waals surface area contributed by atoms with Gasteiger partial charge in [0.25, 0.3) is 0 Å². The molecule has 210 valence electrons. The Morgan fingerprint density at radius 2 is 1.70 bits per heavy atom. The summed E-state index contributed by atoms with van der Waals surface area (Å²) in [5.41, 5.74) is 4.20. The number of fused-ring (bicyclic) bond motifs is 2. The normalized spacial score (nSPS) is 24.0. The van der Waals surface area contributed by atoms with E-state index in [1.807, 2.05) is 37.3 Å². The molecule has 0 unspecified atom stereocenters. The van der Waals surface area contributed by atoms with Gasteiger partial charge in [0, 0.05) is 11.8 Å². The highest BCUT2D eigenvalue weighted by Gasteiger charge is 2.60. The SMILES string of the molecule is COC(=O)CCCC=CC[C@H]1[C@H](NS(=O)(=O)c2ccc(C)cc2)[C@@H]2C[C@@]1(c1ccc(-c3ccccc3)cc1)CO2. The van der Waals surface area contributed by atoms with Crippen LogP contribution in [0.1, 0.15) is 43.2 Å². The molecule has 2 bridgehead atoms. The second-order valence-electron chi connectivity index (χ2n) is 10.9. The van der Waals surface area contributed by atoms with Crippen molar-refractivity contribution in [1.82, 2.24) is 4.72 Å². The molecule has 0 radical (unpaired) electrons. The second-order valence-corrected chi connectivity index (χ2v) is 12.6. The molecule has 3 aromatic rings. The van der Waals surface area contributed by atoms with Crippen LogP contribution in [0.3, 0.4) is 0 Å². The standard InChI is InChI=1S/C33H37NO5S/c1-24-14-20-28(21-15-24)40(36,37)34-32-29(12-8-3-4-9-13-31(35)38-2)33(22-30(32)39-23-33)27-18-16-26(17-19-27)25-10-6-5-7-11-25/h3,5-8,10-11,14-21,29-30,32,34H,4,9,12-13,22-23H2,1-2H3/t29-,30-,32-,33-/m0/s1. The number of aryl methyl sites for hydroxylation is 1. The molecule has 4 atom stereocenters. The Labute approximate surface area is 237 Å². The van der Waals surface area contributed by atoms with Crippen molar-refractivity contribution in [2.24, 2.45) is 5.92 Å². The molecule has 1 saturated carbocycles. The maximum Gasteiger partial charge on any atom is 0.305 e. The molecule has 7 heteroatoms. The lowest BCUT2D eigenvalue weighted by Gasteiger charge is -2.39. The molecular weight excluding hydrogens is 522 g/mol. The van der Waals surface area contributed by atoms with Crippen LogP contribution in [0.5, 0.6) is 0 Å².